The first-order valence-electron chi connectivity index (χ1n) is 8.67. The molecule has 27 heavy (non-hydrogen) atoms. The normalized spacial score (nSPS) is 11.0. The zero-order chi connectivity index (χ0) is 18.6. The molecule has 6 nitrogen and oxygen atoms in total. The second kappa shape index (κ2) is 7.63. The third-order valence-corrected chi connectivity index (χ3v) is 4.60. The Hall–Kier alpha value is -3.12. The summed E-state index contributed by atoms with van der Waals surface area (Å²) in [5.74, 6) is -0.00655. The molecule has 0 radical (unpaired) electrons. The van der Waals surface area contributed by atoms with Crippen molar-refractivity contribution in [3.8, 4) is 11.3 Å². The molecule has 1 aromatic carbocycles. The van der Waals surface area contributed by atoms with Crippen molar-refractivity contribution in [2.75, 3.05) is 0 Å². The second-order valence-corrected chi connectivity index (χ2v) is 6.67. The molecule has 0 spiro atoms. The predicted molar refractivity (Wildman–Crippen MR) is 104 cm³/mol. The lowest BCUT2D eigenvalue weighted by atomic mass is 10.2. The number of nitrogens with zero attached hydrogens (tertiary/aromatic N) is 3. The number of fused-ring (bicyclic) bond motifs is 1. The minimum absolute atomic E-state index is 0.00655. The summed E-state index contributed by atoms with van der Waals surface area (Å²) >= 11 is 5.92. The minimum atomic E-state index is -0.00655. The van der Waals surface area contributed by atoms with E-state index in [1.165, 1.54) is 0 Å². The fourth-order valence-corrected chi connectivity index (χ4v) is 3.04. The maximum absolute atomic E-state index is 12.2. The molecule has 0 unspecified atom stereocenters. The predicted octanol–water partition coefficient (Wildman–Crippen LogP) is 3.63. The molecular weight excluding hydrogens is 362 g/mol. The van der Waals surface area contributed by atoms with Crippen LogP contribution in [0.3, 0.4) is 0 Å². The van der Waals surface area contributed by atoms with Crippen LogP contribution in [0.15, 0.2) is 61.1 Å². The number of benzene rings is 1. The van der Waals surface area contributed by atoms with Crippen LogP contribution in [0.5, 0.6) is 0 Å². The molecule has 0 aliphatic rings. The van der Waals surface area contributed by atoms with Gasteiger partial charge in [0.25, 0.3) is 0 Å². The van der Waals surface area contributed by atoms with Crippen molar-refractivity contribution in [1.82, 2.24) is 24.9 Å². The number of aryl methyl sites for hydroxylation is 1. The minimum Gasteiger partial charge on any atom is -0.358 e. The summed E-state index contributed by atoms with van der Waals surface area (Å²) in [5.41, 5.74) is 4.76. The Labute approximate surface area is 161 Å². The highest BCUT2D eigenvalue weighted by molar-refractivity contribution is 6.30. The molecular formula is C20H18ClN5O. The smallest absolute Gasteiger partial charge is 0.220 e. The molecule has 4 aromatic rings. The quantitative estimate of drug-likeness (QED) is 0.537. The van der Waals surface area contributed by atoms with Crippen LogP contribution in [0.4, 0.5) is 0 Å². The maximum Gasteiger partial charge on any atom is 0.220 e. The van der Waals surface area contributed by atoms with Crippen LogP contribution in [-0.4, -0.2) is 25.5 Å². The largest absolute Gasteiger partial charge is 0.358 e. The van der Waals surface area contributed by atoms with E-state index in [9.17, 15) is 4.79 Å². The van der Waals surface area contributed by atoms with Gasteiger partial charge in [0.1, 0.15) is 0 Å². The zero-order valence-electron chi connectivity index (χ0n) is 14.5. The van der Waals surface area contributed by atoms with Crippen LogP contribution in [0.2, 0.25) is 5.02 Å². The van der Waals surface area contributed by atoms with Crippen molar-refractivity contribution in [2.45, 2.75) is 19.4 Å². The topological polar surface area (TPSA) is 75.1 Å². The van der Waals surface area contributed by atoms with Crippen molar-refractivity contribution < 1.29 is 4.79 Å². The van der Waals surface area contributed by atoms with Gasteiger partial charge in [-0.25, -0.2) is 9.50 Å². The SMILES string of the molecule is O=C(CCc1ccc(-c2ccc(Cl)cc2)[nH]1)NCc1cnn2cccnc12. The van der Waals surface area contributed by atoms with Gasteiger partial charge in [0.15, 0.2) is 5.65 Å². The first kappa shape index (κ1) is 17.3. The molecule has 0 aliphatic heterocycles. The Bertz CT molecular complexity index is 1070. The number of halogens is 1. The van der Waals surface area contributed by atoms with Gasteiger partial charge < -0.3 is 10.3 Å². The standard InChI is InChI=1S/C20H18ClN5O/c21-16-4-2-14(3-5-16)18-8-6-17(25-18)7-9-19(27)23-12-15-13-24-26-11-1-10-22-20(15)26/h1-6,8,10-11,13,25H,7,9,12H2,(H,23,27). The molecule has 2 N–H and O–H groups in total. The molecule has 0 bridgehead atoms. The summed E-state index contributed by atoms with van der Waals surface area (Å²) < 4.78 is 1.69. The third-order valence-electron chi connectivity index (χ3n) is 4.35. The molecule has 3 aromatic heterocycles. The first-order chi connectivity index (χ1) is 13.2. The highest BCUT2D eigenvalue weighted by Crippen LogP contribution is 2.21. The number of hydrogen-bond donors (Lipinski definition) is 2. The summed E-state index contributed by atoms with van der Waals surface area (Å²) in [6.07, 6.45) is 6.33. The van der Waals surface area contributed by atoms with Gasteiger partial charge >= 0.3 is 0 Å². The van der Waals surface area contributed by atoms with Crippen molar-refractivity contribution in [1.29, 1.82) is 0 Å². The molecule has 3 heterocycles. The van der Waals surface area contributed by atoms with Crippen molar-refractivity contribution in [3.05, 3.63) is 77.3 Å². The van der Waals surface area contributed by atoms with E-state index in [1.54, 1.807) is 16.9 Å². The van der Waals surface area contributed by atoms with Gasteiger partial charge in [-0.05, 0) is 42.3 Å². The molecule has 0 atom stereocenters. The van der Waals surface area contributed by atoms with Gasteiger partial charge in [-0.3, -0.25) is 4.79 Å². The van der Waals surface area contributed by atoms with E-state index in [0.29, 0.717) is 24.4 Å². The first-order valence-corrected chi connectivity index (χ1v) is 9.04. The molecule has 7 heteroatoms. The number of amides is 1. The molecule has 1 amide bonds. The highest BCUT2D eigenvalue weighted by Gasteiger charge is 2.08. The summed E-state index contributed by atoms with van der Waals surface area (Å²) in [7, 11) is 0. The van der Waals surface area contributed by atoms with Gasteiger partial charge in [0.2, 0.25) is 5.91 Å². The Kier molecular flexibility index (Phi) is 4.89. The average Bonchev–Trinajstić information content (AvgIpc) is 3.32. The van der Waals surface area contributed by atoms with E-state index in [4.69, 9.17) is 11.6 Å². The van der Waals surface area contributed by atoms with Crippen molar-refractivity contribution >= 4 is 23.2 Å². The van der Waals surface area contributed by atoms with Gasteiger partial charge in [-0.15, -0.1) is 0 Å². The van der Waals surface area contributed by atoms with Crippen LogP contribution in [0.1, 0.15) is 17.7 Å². The second-order valence-electron chi connectivity index (χ2n) is 6.24. The highest BCUT2D eigenvalue weighted by atomic mass is 35.5. The van der Waals surface area contributed by atoms with E-state index in [0.717, 1.165) is 28.2 Å². The molecule has 0 fully saturated rings. The van der Waals surface area contributed by atoms with Crippen LogP contribution >= 0.6 is 11.6 Å². The van der Waals surface area contributed by atoms with E-state index in [2.05, 4.69) is 20.4 Å². The lowest BCUT2D eigenvalue weighted by molar-refractivity contribution is -0.121. The number of rotatable bonds is 6. The number of carbonyl (C=O) groups excluding carboxylic acids is 1. The van der Waals surface area contributed by atoms with Crippen molar-refractivity contribution in [2.24, 2.45) is 0 Å². The zero-order valence-corrected chi connectivity index (χ0v) is 15.3. The monoisotopic (exact) mass is 379 g/mol. The fourth-order valence-electron chi connectivity index (χ4n) is 2.92. The van der Waals surface area contributed by atoms with Crippen LogP contribution in [0.25, 0.3) is 16.9 Å². The number of carbonyl (C=O) groups is 1. The Morgan fingerprint density at radius 1 is 1.19 bits per heavy atom. The molecule has 0 saturated heterocycles. The Morgan fingerprint density at radius 2 is 2.04 bits per heavy atom. The van der Waals surface area contributed by atoms with Gasteiger partial charge in [0.05, 0.1) is 6.20 Å². The lowest BCUT2D eigenvalue weighted by Gasteiger charge is -2.04. The molecule has 4 rings (SSSR count). The fraction of sp³-hybridized carbons (Fsp3) is 0.150. The number of aromatic nitrogens is 4. The molecule has 0 saturated carbocycles. The summed E-state index contributed by atoms with van der Waals surface area (Å²) in [6, 6.07) is 13.5. The van der Waals surface area contributed by atoms with E-state index in [1.807, 2.05) is 48.7 Å². The number of H-pyrrole nitrogens is 1. The van der Waals surface area contributed by atoms with Gasteiger partial charge in [0, 0.05) is 47.3 Å². The Morgan fingerprint density at radius 3 is 2.89 bits per heavy atom. The van der Waals surface area contributed by atoms with E-state index >= 15 is 0 Å². The third kappa shape index (κ3) is 4.01. The van der Waals surface area contributed by atoms with Gasteiger partial charge in [-0.2, -0.15) is 5.10 Å². The number of aromatic amines is 1. The van der Waals surface area contributed by atoms with Gasteiger partial charge in [-0.1, -0.05) is 23.7 Å². The number of nitrogens with one attached hydrogen (secondary N) is 2. The molecule has 136 valence electrons. The summed E-state index contributed by atoms with van der Waals surface area (Å²) in [5, 5.41) is 7.86. The Balaban J connectivity index is 1.31. The molecule has 0 aliphatic carbocycles. The van der Waals surface area contributed by atoms with E-state index < -0.39 is 0 Å². The average molecular weight is 380 g/mol. The summed E-state index contributed by atoms with van der Waals surface area (Å²) in [4.78, 5) is 19.8. The van der Waals surface area contributed by atoms with Crippen molar-refractivity contribution in [3.63, 3.8) is 0 Å². The van der Waals surface area contributed by atoms with Crippen LogP contribution in [0, 0.1) is 0 Å². The maximum atomic E-state index is 12.2. The number of hydrogen-bond acceptors (Lipinski definition) is 3. The van der Waals surface area contributed by atoms with E-state index in [-0.39, 0.29) is 5.91 Å². The van der Waals surface area contributed by atoms with Crippen LogP contribution < -0.4 is 5.32 Å². The van der Waals surface area contributed by atoms with Crippen LogP contribution in [-0.2, 0) is 17.8 Å². The summed E-state index contributed by atoms with van der Waals surface area (Å²) in [6.45, 7) is 0.417. The lowest BCUT2D eigenvalue weighted by Crippen LogP contribution is -2.23.